The van der Waals surface area contributed by atoms with Gasteiger partial charge in [0.1, 0.15) is 23.5 Å². The zero-order valence-electron chi connectivity index (χ0n) is 12.2. The van der Waals surface area contributed by atoms with Gasteiger partial charge >= 0.3 is 0 Å². The Hall–Kier alpha value is -2.05. The lowest BCUT2D eigenvalue weighted by Crippen LogP contribution is -2.86. The fourth-order valence-corrected chi connectivity index (χ4v) is 2.25. The number of benzene rings is 2. The number of rotatable bonds is 5. The van der Waals surface area contributed by atoms with Crippen molar-refractivity contribution < 1.29 is 23.3 Å². The zero-order chi connectivity index (χ0) is 17.0. The second-order valence-electron chi connectivity index (χ2n) is 5.07. The first-order valence-corrected chi connectivity index (χ1v) is 7.28. The van der Waals surface area contributed by atoms with Crippen LogP contribution < -0.4 is 10.6 Å². The summed E-state index contributed by atoms with van der Waals surface area (Å²) in [4.78, 5) is 11.8. The lowest BCUT2D eigenvalue weighted by atomic mass is 10.1. The van der Waals surface area contributed by atoms with Gasteiger partial charge in [-0.2, -0.15) is 0 Å². The quantitative estimate of drug-likeness (QED) is 0.861. The molecule has 0 fully saturated rings. The zero-order valence-corrected chi connectivity index (χ0v) is 13.0. The Morgan fingerprint density at radius 1 is 1.17 bits per heavy atom. The summed E-state index contributed by atoms with van der Waals surface area (Å²) < 4.78 is 40.0. The largest absolute Gasteiger partial charge is 0.332 e. The predicted molar refractivity (Wildman–Crippen MR) is 81.6 cm³/mol. The van der Waals surface area contributed by atoms with Crippen molar-refractivity contribution in [3.8, 4) is 0 Å². The van der Waals surface area contributed by atoms with Crippen LogP contribution in [-0.4, -0.2) is 12.5 Å². The van der Waals surface area contributed by atoms with Gasteiger partial charge in [0, 0.05) is 16.7 Å². The maximum Gasteiger partial charge on any atom is 0.279 e. The maximum absolute atomic E-state index is 13.6. The lowest BCUT2D eigenvalue weighted by molar-refractivity contribution is -0.682. The summed E-state index contributed by atoms with van der Waals surface area (Å²) in [6.07, 6.45) is 0. The summed E-state index contributed by atoms with van der Waals surface area (Å²) in [5.74, 6) is -2.39. The monoisotopic (exact) mass is 343 g/mol. The lowest BCUT2D eigenvalue weighted by Gasteiger charge is -2.12. The van der Waals surface area contributed by atoms with Crippen LogP contribution in [0.1, 0.15) is 18.5 Å². The third kappa shape index (κ3) is 4.71. The Kier molecular flexibility index (Phi) is 5.63. The van der Waals surface area contributed by atoms with Crippen LogP contribution in [0.25, 0.3) is 0 Å². The van der Waals surface area contributed by atoms with E-state index in [9.17, 15) is 18.0 Å². The SMILES string of the molecule is C[C@@H]([NH2+]CC(=O)Nc1cc(Cl)ccc1F)c1ccc(F)cc1F. The summed E-state index contributed by atoms with van der Waals surface area (Å²) in [6, 6.07) is 6.71. The molecule has 0 aromatic heterocycles. The molecule has 2 aromatic carbocycles. The molecular weight excluding hydrogens is 329 g/mol. The van der Waals surface area contributed by atoms with Crippen LogP contribution in [-0.2, 0) is 4.79 Å². The van der Waals surface area contributed by atoms with Gasteiger partial charge in [-0.3, -0.25) is 4.79 Å². The van der Waals surface area contributed by atoms with E-state index in [-0.39, 0.29) is 17.8 Å². The first-order chi connectivity index (χ1) is 10.9. The van der Waals surface area contributed by atoms with Crippen molar-refractivity contribution in [3.63, 3.8) is 0 Å². The molecule has 3 nitrogen and oxygen atoms in total. The van der Waals surface area contributed by atoms with Crippen LogP contribution in [0.4, 0.5) is 18.9 Å². The average molecular weight is 344 g/mol. The number of nitrogens with one attached hydrogen (secondary N) is 1. The highest BCUT2D eigenvalue weighted by Crippen LogP contribution is 2.19. The molecule has 0 bridgehead atoms. The summed E-state index contributed by atoms with van der Waals surface area (Å²) in [5, 5.41) is 4.26. The van der Waals surface area contributed by atoms with Crippen molar-refractivity contribution in [1.29, 1.82) is 0 Å². The summed E-state index contributed by atoms with van der Waals surface area (Å²) in [6.45, 7) is 1.63. The molecule has 1 amide bonds. The van der Waals surface area contributed by atoms with Crippen LogP contribution in [0.3, 0.4) is 0 Å². The summed E-state index contributed by atoms with van der Waals surface area (Å²) >= 11 is 5.74. The molecule has 1 atom stereocenters. The third-order valence-corrected chi connectivity index (χ3v) is 3.55. The minimum Gasteiger partial charge on any atom is -0.332 e. The van der Waals surface area contributed by atoms with Gasteiger partial charge in [-0.25, -0.2) is 13.2 Å². The van der Waals surface area contributed by atoms with Crippen molar-refractivity contribution in [2.75, 3.05) is 11.9 Å². The van der Waals surface area contributed by atoms with Gasteiger partial charge in [-0.1, -0.05) is 11.6 Å². The molecule has 0 saturated carbocycles. The number of nitrogens with two attached hydrogens (primary N) is 1. The molecule has 0 unspecified atom stereocenters. The molecule has 0 aliphatic heterocycles. The molecule has 0 spiro atoms. The fraction of sp³-hybridized carbons (Fsp3) is 0.188. The van der Waals surface area contributed by atoms with E-state index in [0.29, 0.717) is 5.02 Å². The second kappa shape index (κ2) is 7.48. The smallest absolute Gasteiger partial charge is 0.279 e. The fourth-order valence-electron chi connectivity index (χ4n) is 2.08. The number of carbonyl (C=O) groups is 1. The van der Waals surface area contributed by atoms with Gasteiger partial charge in [0.05, 0.1) is 5.69 Å². The molecule has 0 saturated heterocycles. The minimum atomic E-state index is -0.671. The second-order valence-corrected chi connectivity index (χ2v) is 5.50. The predicted octanol–water partition coefficient (Wildman–Crippen LogP) is 3.02. The van der Waals surface area contributed by atoms with Gasteiger partial charge < -0.3 is 10.6 Å². The first kappa shape index (κ1) is 17.3. The highest BCUT2D eigenvalue weighted by molar-refractivity contribution is 6.30. The Balaban J connectivity index is 1.94. The van der Waals surface area contributed by atoms with Gasteiger partial charge in [-0.15, -0.1) is 0 Å². The van der Waals surface area contributed by atoms with E-state index in [1.807, 2.05) is 0 Å². The van der Waals surface area contributed by atoms with Gasteiger partial charge in [0.25, 0.3) is 5.91 Å². The Morgan fingerprint density at radius 2 is 1.91 bits per heavy atom. The topological polar surface area (TPSA) is 45.7 Å². The van der Waals surface area contributed by atoms with Crippen molar-refractivity contribution in [2.45, 2.75) is 13.0 Å². The molecule has 0 heterocycles. The summed E-state index contributed by atoms with van der Waals surface area (Å²) in [5.41, 5.74) is 0.268. The molecule has 0 aliphatic rings. The van der Waals surface area contributed by atoms with Gasteiger partial charge in [0.15, 0.2) is 6.54 Å². The van der Waals surface area contributed by atoms with Crippen LogP contribution >= 0.6 is 11.6 Å². The van der Waals surface area contributed by atoms with Crippen LogP contribution in [0.2, 0.25) is 5.02 Å². The van der Waals surface area contributed by atoms with E-state index in [2.05, 4.69) is 5.32 Å². The highest BCUT2D eigenvalue weighted by atomic mass is 35.5. The number of amides is 1. The number of hydrogen-bond donors (Lipinski definition) is 2. The van der Waals surface area contributed by atoms with Crippen molar-refractivity contribution in [3.05, 3.63) is 64.4 Å². The molecule has 2 rings (SSSR count). The highest BCUT2D eigenvalue weighted by Gasteiger charge is 2.16. The Labute approximate surface area is 136 Å². The van der Waals surface area contributed by atoms with Crippen molar-refractivity contribution >= 4 is 23.2 Å². The molecule has 3 N–H and O–H groups in total. The minimum absolute atomic E-state index is 0.0171. The van der Waals surface area contributed by atoms with Crippen LogP contribution in [0.5, 0.6) is 0 Å². The number of hydrogen-bond acceptors (Lipinski definition) is 1. The van der Waals surface area contributed by atoms with Gasteiger partial charge in [-0.05, 0) is 37.3 Å². The molecule has 0 aliphatic carbocycles. The molecule has 2 aromatic rings. The van der Waals surface area contributed by atoms with Crippen molar-refractivity contribution in [1.82, 2.24) is 0 Å². The number of quaternary nitrogens is 1. The molecule has 0 radical (unpaired) electrons. The number of anilines is 1. The van der Waals surface area contributed by atoms with E-state index in [0.717, 1.165) is 18.2 Å². The Morgan fingerprint density at radius 3 is 2.61 bits per heavy atom. The van der Waals surface area contributed by atoms with Gasteiger partial charge in [0.2, 0.25) is 0 Å². The van der Waals surface area contributed by atoms with E-state index >= 15 is 0 Å². The van der Waals surface area contributed by atoms with Crippen LogP contribution in [0, 0.1) is 17.5 Å². The molecule has 23 heavy (non-hydrogen) atoms. The van der Waals surface area contributed by atoms with E-state index < -0.39 is 29.4 Å². The third-order valence-electron chi connectivity index (χ3n) is 3.31. The maximum atomic E-state index is 13.6. The van der Waals surface area contributed by atoms with E-state index in [1.165, 1.54) is 18.2 Å². The van der Waals surface area contributed by atoms with Crippen LogP contribution in [0.15, 0.2) is 36.4 Å². The number of carbonyl (C=O) groups excluding carboxylic acids is 1. The van der Waals surface area contributed by atoms with E-state index in [1.54, 1.807) is 12.2 Å². The number of halogens is 4. The standard InChI is InChI=1S/C16H14ClF3N2O/c1-9(12-4-3-11(18)7-14(12)20)21-8-16(23)22-15-6-10(17)2-5-13(15)19/h2-7,9,21H,8H2,1H3,(H,22,23)/p+1/t9-/m1/s1. The summed E-state index contributed by atoms with van der Waals surface area (Å²) in [7, 11) is 0. The molecular formula is C16H15ClF3N2O+. The normalized spacial score (nSPS) is 12.0. The molecule has 7 heteroatoms. The molecule has 122 valence electrons. The first-order valence-electron chi connectivity index (χ1n) is 6.90. The Bertz CT molecular complexity index is 724. The average Bonchev–Trinajstić information content (AvgIpc) is 2.48. The van der Waals surface area contributed by atoms with Crippen molar-refractivity contribution in [2.24, 2.45) is 0 Å². The van der Waals surface area contributed by atoms with E-state index in [4.69, 9.17) is 11.6 Å².